The van der Waals surface area contributed by atoms with Crippen LogP contribution in [-0.2, 0) is 14.8 Å². The highest BCUT2D eigenvalue weighted by molar-refractivity contribution is 7.92. The fraction of sp³-hybridized carbons (Fsp3) is 0.208. The van der Waals surface area contributed by atoms with Crippen LogP contribution in [0.5, 0.6) is 5.75 Å². The molecule has 0 saturated heterocycles. The molecule has 8 heteroatoms. The molecule has 0 atom stereocenters. The van der Waals surface area contributed by atoms with Crippen molar-refractivity contribution in [1.29, 1.82) is 0 Å². The minimum Gasteiger partial charge on any atom is -0.494 e. The molecule has 0 fully saturated rings. The number of nitrogens with one attached hydrogen (secondary N) is 1. The molecule has 0 heterocycles. The molecule has 0 saturated carbocycles. The van der Waals surface area contributed by atoms with Gasteiger partial charge in [0.05, 0.1) is 17.2 Å². The van der Waals surface area contributed by atoms with Crippen LogP contribution in [0.25, 0.3) is 0 Å². The summed E-state index contributed by atoms with van der Waals surface area (Å²) in [5, 5.41) is 3.24. The maximum absolute atomic E-state index is 13.5. The van der Waals surface area contributed by atoms with Gasteiger partial charge in [-0.05, 0) is 74.9 Å². The zero-order valence-corrected chi connectivity index (χ0v) is 19.7. The molecule has 0 aliphatic carbocycles. The highest BCUT2D eigenvalue weighted by atomic mass is 35.5. The molecule has 3 rings (SSSR count). The number of hydrogen-bond acceptors (Lipinski definition) is 4. The summed E-state index contributed by atoms with van der Waals surface area (Å²) in [5.41, 5.74) is 2.64. The highest BCUT2D eigenvalue weighted by Gasteiger charge is 2.27. The van der Waals surface area contributed by atoms with Gasteiger partial charge in [-0.3, -0.25) is 9.10 Å². The van der Waals surface area contributed by atoms with Crippen LogP contribution in [0.2, 0.25) is 5.02 Å². The molecule has 0 radical (unpaired) electrons. The topological polar surface area (TPSA) is 75.7 Å². The van der Waals surface area contributed by atoms with E-state index in [1.54, 1.807) is 54.6 Å². The molecule has 3 aromatic carbocycles. The van der Waals surface area contributed by atoms with Gasteiger partial charge < -0.3 is 10.1 Å². The van der Waals surface area contributed by atoms with Crippen LogP contribution in [-0.4, -0.2) is 27.5 Å². The zero-order valence-electron chi connectivity index (χ0n) is 18.1. The molecule has 0 aliphatic rings. The van der Waals surface area contributed by atoms with Crippen LogP contribution < -0.4 is 14.4 Å². The third-order valence-electron chi connectivity index (χ3n) is 4.81. The summed E-state index contributed by atoms with van der Waals surface area (Å²) in [6.45, 7) is 5.66. The van der Waals surface area contributed by atoms with Crippen molar-refractivity contribution in [2.75, 3.05) is 22.8 Å². The molecule has 32 heavy (non-hydrogen) atoms. The predicted molar refractivity (Wildman–Crippen MR) is 128 cm³/mol. The van der Waals surface area contributed by atoms with Crippen molar-refractivity contribution in [3.8, 4) is 5.75 Å². The van der Waals surface area contributed by atoms with Gasteiger partial charge in [-0.15, -0.1) is 0 Å². The van der Waals surface area contributed by atoms with E-state index < -0.39 is 22.5 Å². The van der Waals surface area contributed by atoms with Gasteiger partial charge in [-0.1, -0.05) is 35.4 Å². The van der Waals surface area contributed by atoms with Crippen LogP contribution in [0.1, 0.15) is 18.1 Å². The number of ether oxygens (including phenoxy) is 1. The normalized spacial score (nSPS) is 11.1. The number of amides is 1. The van der Waals surface area contributed by atoms with Crippen molar-refractivity contribution in [3.05, 3.63) is 82.9 Å². The van der Waals surface area contributed by atoms with E-state index in [9.17, 15) is 13.2 Å². The first kappa shape index (κ1) is 23.6. The number of hydrogen-bond donors (Lipinski definition) is 1. The number of carbonyl (C=O) groups excluding carboxylic acids is 1. The first-order valence-electron chi connectivity index (χ1n) is 10.1. The van der Waals surface area contributed by atoms with Crippen molar-refractivity contribution in [3.63, 3.8) is 0 Å². The largest absolute Gasteiger partial charge is 0.494 e. The lowest BCUT2D eigenvalue weighted by molar-refractivity contribution is -0.114. The van der Waals surface area contributed by atoms with Gasteiger partial charge in [0.25, 0.3) is 10.0 Å². The van der Waals surface area contributed by atoms with Gasteiger partial charge in [-0.25, -0.2) is 8.42 Å². The van der Waals surface area contributed by atoms with Crippen molar-refractivity contribution in [2.45, 2.75) is 25.7 Å². The molecular weight excluding hydrogens is 448 g/mol. The van der Waals surface area contributed by atoms with Gasteiger partial charge in [-0.2, -0.15) is 0 Å². The van der Waals surface area contributed by atoms with E-state index in [1.807, 2.05) is 20.8 Å². The summed E-state index contributed by atoms with van der Waals surface area (Å²) in [6.07, 6.45) is 0. The van der Waals surface area contributed by atoms with Crippen LogP contribution in [0.4, 0.5) is 11.4 Å². The van der Waals surface area contributed by atoms with E-state index >= 15 is 0 Å². The number of nitrogens with zero attached hydrogens (tertiary/aromatic N) is 1. The quantitative estimate of drug-likeness (QED) is 0.489. The molecule has 1 amide bonds. The fourth-order valence-electron chi connectivity index (χ4n) is 3.08. The Balaban J connectivity index is 1.95. The summed E-state index contributed by atoms with van der Waals surface area (Å²) in [5.74, 6) is 0.128. The average molecular weight is 473 g/mol. The lowest BCUT2D eigenvalue weighted by atomic mass is 10.2. The first-order chi connectivity index (χ1) is 15.2. The first-order valence-corrected chi connectivity index (χ1v) is 11.9. The van der Waals surface area contributed by atoms with Crippen molar-refractivity contribution >= 4 is 38.9 Å². The van der Waals surface area contributed by atoms with Gasteiger partial charge in [0.2, 0.25) is 5.91 Å². The fourth-order valence-corrected chi connectivity index (χ4v) is 4.67. The lowest BCUT2D eigenvalue weighted by Gasteiger charge is -2.24. The predicted octanol–water partition coefficient (Wildman–Crippen LogP) is 5.19. The minimum absolute atomic E-state index is 0.101. The van der Waals surface area contributed by atoms with E-state index in [2.05, 4.69) is 5.32 Å². The Morgan fingerprint density at radius 3 is 2.28 bits per heavy atom. The van der Waals surface area contributed by atoms with E-state index in [1.165, 1.54) is 12.1 Å². The number of rotatable bonds is 8. The Hall–Kier alpha value is -3.03. The second kappa shape index (κ2) is 10.1. The highest BCUT2D eigenvalue weighted by Crippen LogP contribution is 2.27. The van der Waals surface area contributed by atoms with Crippen molar-refractivity contribution < 1.29 is 17.9 Å². The second-order valence-corrected chi connectivity index (χ2v) is 9.56. The summed E-state index contributed by atoms with van der Waals surface area (Å²) >= 11 is 6.04. The molecule has 0 aromatic heterocycles. The molecule has 0 spiro atoms. The molecule has 1 N–H and O–H groups in total. The molecule has 3 aromatic rings. The monoisotopic (exact) mass is 472 g/mol. The number of sulfonamides is 1. The molecular formula is C24H25ClN2O4S. The van der Waals surface area contributed by atoms with E-state index in [0.29, 0.717) is 28.8 Å². The van der Waals surface area contributed by atoms with E-state index in [0.717, 1.165) is 15.4 Å². The SMILES string of the molecule is CCOc1ccc(N(CC(=O)Nc2cc(Cl)ccc2C)S(=O)(=O)c2ccc(C)cc2)cc1. The molecule has 0 aliphatic heterocycles. The van der Waals surface area contributed by atoms with E-state index in [-0.39, 0.29) is 4.90 Å². The zero-order chi connectivity index (χ0) is 23.3. The maximum Gasteiger partial charge on any atom is 0.264 e. The number of anilines is 2. The van der Waals surface area contributed by atoms with Crippen LogP contribution in [0, 0.1) is 13.8 Å². The van der Waals surface area contributed by atoms with E-state index in [4.69, 9.17) is 16.3 Å². The Morgan fingerprint density at radius 2 is 1.66 bits per heavy atom. The summed E-state index contributed by atoms with van der Waals surface area (Å²) < 4.78 is 33.4. The van der Waals surface area contributed by atoms with Gasteiger partial charge in [0.1, 0.15) is 12.3 Å². The number of benzene rings is 3. The summed E-state index contributed by atoms with van der Waals surface area (Å²) in [6, 6.07) is 18.2. The molecule has 0 unspecified atom stereocenters. The third-order valence-corrected chi connectivity index (χ3v) is 6.83. The lowest BCUT2D eigenvalue weighted by Crippen LogP contribution is -2.38. The average Bonchev–Trinajstić information content (AvgIpc) is 2.76. The van der Waals surface area contributed by atoms with Crippen LogP contribution >= 0.6 is 11.6 Å². The van der Waals surface area contributed by atoms with Gasteiger partial charge in [0, 0.05) is 10.7 Å². The Kier molecular flexibility index (Phi) is 7.43. The van der Waals surface area contributed by atoms with Crippen LogP contribution in [0.3, 0.4) is 0 Å². The van der Waals surface area contributed by atoms with Crippen molar-refractivity contribution in [2.24, 2.45) is 0 Å². The van der Waals surface area contributed by atoms with Crippen molar-refractivity contribution in [1.82, 2.24) is 0 Å². The number of halogens is 1. The number of carbonyl (C=O) groups is 1. The maximum atomic E-state index is 13.5. The third kappa shape index (κ3) is 5.60. The number of aryl methyl sites for hydroxylation is 2. The Labute approximate surface area is 193 Å². The molecule has 0 bridgehead atoms. The second-order valence-electron chi connectivity index (χ2n) is 7.26. The Bertz CT molecular complexity index is 1190. The standard InChI is InChI=1S/C24H25ClN2O4S/c1-4-31-21-11-9-20(10-12-21)27(32(29,30)22-13-5-17(2)6-14-22)16-24(28)26-23-15-19(25)8-7-18(23)3/h5-15H,4,16H2,1-3H3,(H,26,28). The van der Waals surface area contributed by atoms with Gasteiger partial charge in [0.15, 0.2) is 0 Å². The Morgan fingerprint density at radius 1 is 1.00 bits per heavy atom. The molecule has 168 valence electrons. The molecule has 6 nitrogen and oxygen atoms in total. The minimum atomic E-state index is -4.00. The van der Waals surface area contributed by atoms with Gasteiger partial charge >= 0.3 is 0 Å². The summed E-state index contributed by atoms with van der Waals surface area (Å²) in [4.78, 5) is 13.0. The smallest absolute Gasteiger partial charge is 0.264 e. The summed E-state index contributed by atoms with van der Waals surface area (Å²) in [7, 11) is -4.00. The van der Waals surface area contributed by atoms with Crippen LogP contribution in [0.15, 0.2) is 71.6 Å².